The molecule has 1 amide bonds. The van der Waals surface area contributed by atoms with Gasteiger partial charge >= 0.3 is 11.9 Å². The van der Waals surface area contributed by atoms with Crippen molar-refractivity contribution in [3.8, 4) is 0 Å². The SMILES string of the molecule is CCOC(=O)c1sc(NC(=S)NC(=O)c2ccc(C)cc2C)c(C(=O)OCC)c1C. The first-order valence-electron chi connectivity index (χ1n) is 9.36. The van der Waals surface area contributed by atoms with Crippen molar-refractivity contribution in [1.82, 2.24) is 5.32 Å². The number of nitrogens with one attached hydrogen (secondary N) is 2. The molecule has 0 aliphatic rings. The number of benzene rings is 1. The molecule has 30 heavy (non-hydrogen) atoms. The van der Waals surface area contributed by atoms with Gasteiger partial charge in [0.05, 0.1) is 18.8 Å². The fourth-order valence-electron chi connectivity index (χ4n) is 2.82. The standard InChI is InChI=1S/C21H24N2O5S2/c1-6-27-19(25)15-13(5)16(20(26)28-7-2)30-18(15)23-21(29)22-17(24)14-9-8-11(3)10-12(14)4/h8-10H,6-7H2,1-5H3,(H2,22,23,24,29). The molecule has 0 aliphatic heterocycles. The normalized spacial score (nSPS) is 10.3. The molecule has 0 fully saturated rings. The number of hydrogen-bond donors (Lipinski definition) is 2. The van der Waals surface area contributed by atoms with E-state index in [9.17, 15) is 14.4 Å². The van der Waals surface area contributed by atoms with Crippen molar-refractivity contribution >= 4 is 51.5 Å². The Bertz CT molecular complexity index is 998. The lowest BCUT2D eigenvalue weighted by molar-refractivity contribution is 0.0527. The monoisotopic (exact) mass is 448 g/mol. The molecule has 0 saturated heterocycles. The third-order valence-electron chi connectivity index (χ3n) is 4.17. The van der Waals surface area contributed by atoms with Gasteiger partial charge in [-0.25, -0.2) is 9.59 Å². The highest BCUT2D eigenvalue weighted by Crippen LogP contribution is 2.34. The molecule has 160 valence electrons. The fourth-order valence-corrected chi connectivity index (χ4v) is 4.17. The van der Waals surface area contributed by atoms with E-state index in [0.717, 1.165) is 22.5 Å². The van der Waals surface area contributed by atoms with Gasteiger partial charge < -0.3 is 14.8 Å². The third-order valence-corrected chi connectivity index (χ3v) is 5.56. The van der Waals surface area contributed by atoms with E-state index >= 15 is 0 Å². The van der Waals surface area contributed by atoms with Crippen LogP contribution in [0.1, 0.15) is 60.9 Å². The molecule has 0 bridgehead atoms. The molecule has 2 rings (SSSR count). The summed E-state index contributed by atoms with van der Waals surface area (Å²) in [6.45, 7) is 9.19. The van der Waals surface area contributed by atoms with E-state index in [2.05, 4.69) is 10.6 Å². The van der Waals surface area contributed by atoms with Crippen LogP contribution in [0.25, 0.3) is 0 Å². The summed E-state index contributed by atoms with van der Waals surface area (Å²) < 4.78 is 10.2. The summed E-state index contributed by atoms with van der Waals surface area (Å²) in [5, 5.41) is 5.76. The highest BCUT2D eigenvalue weighted by molar-refractivity contribution is 7.80. The highest BCUT2D eigenvalue weighted by atomic mass is 32.1. The molecule has 7 nitrogen and oxygen atoms in total. The van der Waals surface area contributed by atoms with Crippen LogP contribution in [0.15, 0.2) is 18.2 Å². The van der Waals surface area contributed by atoms with E-state index in [4.69, 9.17) is 21.7 Å². The Kier molecular flexibility index (Phi) is 8.08. The molecule has 1 aromatic carbocycles. The number of ether oxygens (including phenoxy) is 2. The van der Waals surface area contributed by atoms with Crippen LogP contribution in [0.5, 0.6) is 0 Å². The predicted octanol–water partition coefficient (Wildman–Crippen LogP) is 4.15. The topological polar surface area (TPSA) is 93.7 Å². The lowest BCUT2D eigenvalue weighted by atomic mass is 10.1. The van der Waals surface area contributed by atoms with Gasteiger partial charge in [0, 0.05) is 5.56 Å². The van der Waals surface area contributed by atoms with E-state index in [0.29, 0.717) is 16.1 Å². The summed E-state index contributed by atoms with van der Waals surface area (Å²) in [5.74, 6) is -1.50. The minimum Gasteiger partial charge on any atom is -0.462 e. The molecule has 1 aromatic heterocycles. The van der Waals surface area contributed by atoms with Crippen molar-refractivity contribution in [2.45, 2.75) is 34.6 Å². The molecule has 0 aliphatic carbocycles. The van der Waals surface area contributed by atoms with Gasteiger partial charge in [0.1, 0.15) is 9.88 Å². The Morgan fingerprint density at radius 2 is 1.67 bits per heavy atom. The number of esters is 2. The van der Waals surface area contributed by atoms with Crippen molar-refractivity contribution in [2.24, 2.45) is 0 Å². The van der Waals surface area contributed by atoms with Gasteiger partial charge in [-0.05, 0) is 64.0 Å². The van der Waals surface area contributed by atoms with Gasteiger partial charge in [-0.15, -0.1) is 11.3 Å². The summed E-state index contributed by atoms with van der Waals surface area (Å²) in [6.07, 6.45) is 0. The number of thiocarbonyl (C=S) groups is 1. The molecule has 0 spiro atoms. The van der Waals surface area contributed by atoms with Crippen LogP contribution in [0, 0.1) is 20.8 Å². The Morgan fingerprint density at radius 3 is 2.27 bits per heavy atom. The molecule has 1 heterocycles. The fraction of sp³-hybridized carbons (Fsp3) is 0.333. The van der Waals surface area contributed by atoms with E-state index in [1.165, 1.54) is 0 Å². The Balaban J connectivity index is 2.28. The summed E-state index contributed by atoms with van der Waals surface area (Å²) in [7, 11) is 0. The number of thiophene rings is 1. The third kappa shape index (κ3) is 5.43. The van der Waals surface area contributed by atoms with Crippen LogP contribution >= 0.6 is 23.6 Å². The number of carbonyl (C=O) groups is 3. The summed E-state index contributed by atoms with van der Waals surface area (Å²) in [4.78, 5) is 37.5. The van der Waals surface area contributed by atoms with E-state index in [1.54, 1.807) is 26.8 Å². The average Bonchev–Trinajstić information content (AvgIpc) is 2.97. The average molecular weight is 449 g/mol. The van der Waals surface area contributed by atoms with Crippen LogP contribution in [0.2, 0.25) is 0 Å². The van der Waals surface area contributed by atoms with E-state index < -0.39 is 11.9 Å². The Morgan fingerprint density at radius 1 is 1.03 bits per heavy atom. The minimum absolute atomic E-state index is 0.00202. The van der Waals surface area contributed by atoms with Crippen molar-refractivity contribution in [3.63, 3.8) is 0 Å². The highest BCUT2D eigenvalue weighted by Gasteiger charge is 2.27. The van der Waals surface area contributed by atoms with Crippen LogP contribution in [-0.4, -0.2) is 36.2 Å². The van der Waals surface area contributed by atoms with Crippen molar-refractivity contribution in [1.29, 1.82) is 0 Å². The molecule has 0 atom stereocenters. The molecule has 0 saturated carbocycles. The largest absolute Gasteiger partial charge is 0.462 e. The second-order valence-electron chi connectivity index (χ2n) is 6.43. The quantitative estimate of drug-likeness (QED) is 0.506. The maximum Gasteiger partial charge on any atom is 0.348 e. The molecule has 2 aromatic rings. The molecule has 9 heteroatoms. The van der Waals surface area contributed by atoms with Gasteiger partial charge in [-0.2, -0.15) is 0 Å². The summed E-state index contributed by atoms with van der Waals surface area (Å²) in [6, 6.07) is 5.46. The molecule has 0 unspecified atom stereocenters. The van der Waals surface area contributed by atoms with E-state index in [-0.39, 0.29) is 34.7 Å². The number of aryl methyl sites for hydroxylation is 2. The summed E-state index contributed by atoms with van der Waals surface area (Å²) in [5.41, 5.74) is 2.98. The maximum atomic E-state index is 12.6. The molecular formula is C21H24N2O5S2. The second-order valence-corrected chi connectivity index (χ2v) is 7.86. The number of amides is 1. The zero-order chi connectivity index (χ0) is 22.4. The second kappa shape index (κ2) is 10.3. The van der Waals surface area contributed by atoms with Crippen LogP contribution in [0.4, 0.5) is 5.00 Å². The van der Waals surface area contributed by atoms with Crippen LogP contribution in [-0.2, 0) is 9.47 Å². The maximum absolute atomic E-state index is 12.6. The molecular weight excluding hydrogens is 424 g/mol. The van der Waals surface area contributed by atoms with Gasteiger partial charge in [0.2, 0.25) is 0 Å². The predicted molar refractivity (Wildman–Crippen MR) is 121 cm³/mol. The van der Waals surface area contributed by atoms with Gasteiger partial charge in [-0.1, -0.05) is 17.7 Å². The lowest BCUT2D eigenvalue weighted by Crippen LogP contribution is -2.34. The first kappa shape index (κ1) is 23.5. The van der Waals surface area contributed by atoms with E-state index in [1.807, 2.05) is 26.0 Å². The number of anilines is 1. The van der Waals surface area contributed by atoms with Gasteiger partial charge in [-0.3, -0.25) is 10.1 Å². The summed E-state index contributed by atoms with van der Waals surface area (Å²) >= 11 is 6.28. The van der Waals surface area contributed by atoms with Crippen LogP contribution in [0.3, 0.4) is 0 Å². The lowest BCUT2D eigenvalue weighted by Gasteiger charge is -2.11. The number of carbonyl (C=O) groups excluding carboxylic acids is 3. The first-order valence-corrected chi connectivity index (χ1v) is 10.6. The first-order chi connectivity index (χ1) is 14.2. The van der Waals surface area contributed by atoms with Crippen LogP contribution < -0.4 is 10.6 Å². The zero-order valence-electron chi connectivity index (χ0n) is 17.5. The smallest absolute Gasteiger partial charge is 0.348 e. The Labute approximate surface area is 184 Å². The van der Waals surface area contributed by atoms with Crippen molar-refractivity contribution in [3.05, 3.63) is 50.9 Å². The number of rotatable bonds is 6. The van der Waals surface area contributed by atoms with Gasteiger partial charge in [0.15, 0.2) is 5.11 Å². The minimum atomic E-state index is -0.590. The number of hydrogen-bond acceptors (Lipinski definition) is 7. The van der Waals surface area contributed by atoms with Crippen molar-refractivity contribution in [2.75, 3.05) is 18.5 Å². The van der Waals surface area contributed by atoms with Gasteiger partial charge in [0.25, 0.3) is 5.91 Å². The molecule has 2 N–H and O–H groups in total. The zero-order valence-corrected chi connectivity index (χ0v) is 19.1. The Hall–Kier alpha value is -2.78. The van der Waals surface area contributed by atoms with Crippen molar-refractivity contribution < 1.29 is 23.9 Å². The molecule has 0 radical (unpaired) electrons.